The summed E-state index contributed by atoms with van der Waals surface area (Å²) < 4.78 is 23.3. The Morgan fingerprint density at radius 1 is 1.59 bits per heavy atom. The molecule has 1 aromatic rings. The lowest BCUT2D eigenvalue weighted by atomic mass is 10.1. The zero-order valence-corrected chi connectivity index (χ0v) is 10.1. The van der Waals surface area contributed by atoms with Crippen LogP contribution in [-0.2, 0) is 9.47 Å². The van der Waals surface area contributed by atoms with Crippen molar-refractivity contribution in [3.8, 4) is 0 Å². The van der Waals surface area contributed by atoms with Gasteiger partial charge in [0, 0.05) is 17.4 Å². The van der Waals surface area contributed by atoms with Crippen molar-refractivity contribution in [3.05, 3.63) is 29.6 Å². The molecule has 1 heterocycles. The molecule has 1 unspecified atom stereocenters. The fourth-order valence-electron chi connectivity index (χ4n) is 1.63. The van der Waals surface area contributed by atoms with Gasteiger partial charge in [-0.2, -0.15) is 0 Å². The maximum Gasteiger partial charge on any atom is 0.338 e. The lowest BCUT2D eigenvalue weighted by molar-refractivity contribution is 0.0428. The molecular formula is C12H13FO3S. The van der Waals surface area contributed by atoms with Crippen molar-refractivity contribution in [1.82, 2.24) is 0 Å². The van der Waals surface area contributed by atoms with Crippen LogP contribution in [0.4, 0.5) is 4.39 Å². The molecule has 3 nitrogen and oxygen atoms in total. The zero-order valence-electron chi connectivity index (χ0n) is 9.19. The molecule has 1 atom stereocenters. The van der Waals surface area contributed by atoms with Gasteiger partial charge in [0.1, 0.15) is 5.82 Å². The van der Waals surface area contributed by atoms with E-state index in [0.29, 0.717) is 18.8 Å². The maximum atomic E-state index is 12.9. The summed E-state index contributed by atoms with van der Waals surface area (Å²) in [6, 6.07) is 3.96. The van der Waals surface area contributed by atoms with Gasteiger partial charge in [0.15, 0.2) is 0 Å². The number of carbonyl (C=O) groups excluding carboxylic acids is 1. The van der Waals surface area contributed by atoms with E-state index < -0.39 is 11.8 Å². The Hall–Kier alpha value is -1.07. The first-order chi connectivity index (χ1) is 8.16. The first kappa shape index (κ1) is 12.4. The van der Waals surface area contributed by atoms with Crippen molar-refractivity contribution >= 4 is 18.6 Å². The van der Waals surface area contributed by atoms with Crippen molar-refractivity contribution < 1.29 is 18.7 Å². The second-order valence-electron chi connectivity index (χ2n) is 3.99. The minimum absolute atomic E-state index is 0.142. The molecule has 1 aliphatic rings. The van der Waals surface area contributed by atoms with E-state index >= 15 is 0 Å². The molecule has 1 saturated heterocycles. The Kier molecular flexibility index (Phi) is 4.02. The highest BCUT2D eigenvalue weighted by Gasteiger charge is 2.18. The summed E-state index contributed by atoms with van der Waals surface area (Å²) in [6.45, 7) is 1.70. The minimum Gasteiger partial charge on any atom is -0.462 e. The molecule has 17 heavy (non-hydrogen) atoms. The Bertz CT molecular complexity index is 416. The molecule has 1 aromatic carbocycles. The molecule has 92 valence electrons. The van der Waals surface area contributed by atoms with E-state index in [1.54, 1.807) is 0 Å². The Morgan fingerprint density at radius 2 is 2.41 bits per heavy atom. The number of thiol groups is 1. The van der Waals surface area contributed by atoms with Crippen molar-refractivity contribution in [2.24, 2.45) is 5.92 Å². The zero-order chi connectivity index (χ0) is 12.3. The van der Waals surface area contributed by atoms with Gasteiger partial charge >= 0.3 is 5.97 Å². The lowest BCUT2D eigenvalue weighted by Gasteiger charge is -2.09. The monoisotopic (exact) mass is 256 g/mol. The van der Waals surface area contributed by atoms with E-state index in [9.17, 15) is 9.18 Å². The smallest absolute Gasteiger partial charge is 0.338 e. The molecule has 0 aromatic heterocycles. The SMILES string of the molecule is O=C(OCC1CCOC1)c1ccc(F)c(S)c1. The normalized spacial score (nSPS) is 19.3. The Morgan fingerprint density at radius 3 is 3.06 bits per heavy atom. The van der Waals surface area contributed by atoms with Crippen LogP contribution in [0.15, 0.2) is 23.1 Å². The summed E-state index contributed by atoms with van der Waals surface area (Å²) in [5, 5.41) is 0. The van der Waals surface area contributed by atoms with E-state index in [0.717, 1.165) is 13.0 Å². The number of carbonyl (C=O) groups is 1. The van der Waals surface area contributed by atoms with Crippen LogP contribution in [0.2, 0.25) is 0 Å². The average Bonchev–Trinajstić information content (AvgIpc) is 2.82. The second-order valence-corrected chi connectivity index (χ2v) is 4.48. The highest BCUT2D eigenvalue weighted by Crippen LogP contribution is 2.16. The molecule has 5 heteroatoms. The largest absolute Gasteiger partial charge is 0.462 e. The Balaban J connectivity index is 1.92. The van der Waals surface area contributed by atoms with Gasteiger partial charge in [-0.25, -0.2) is 9.18 Å². The highest BCUT2D eigenvalue weighted by molar-refractivity contribution is 7.80. The maximum absolute atomic E-state index is 12.9. The van der Waals surface area contributed by atoms with Crippen LogP contribution in [0.1, 0.15) is 16.8 Å². The minimum atomic E-state index is -0.452. The summed E-state index contributed by atoms with van der Waals surface area (Å²) in [5.41, 5.74) is 0.315. The van der Waals surface area contributed by atoms with Crippen LogP contribution < -0.4 is 0 Å². The van der Waals surface area contributed by atoms with Gasteiger partial charge in [-0.1, -0.05) is 0 Å². The van der Waals surface area contributed by atoms with Crippen molar-refractivity contribution in [3.63, 3.8) is 0 Å². The predicted molar refractivity (Wildman–Crippen MR) is 62.9 cm³/mol. The van der Waals surface area contributed by atoms with Gasteiger partial charge in [0.25, 0.3) is 0 Å². The van der Waals surface area contributed by atoms with E-state index in [-0.39, 0.29) is 10.8 Å². The fourth-order valence-corrected chi connectivity index (χ4v) is 1.84. The molecule has 2 rings (SSSR count). The summed E-state index contributed by atoms with van der Waals surface area (Å²) in [5.74, 6) is -0.629. The summed E-state index contributed by atoms with van der Waals surface area (Å²) >= 11 is 3.91. The van der Waals surface area contributed by atoms with Crippen LogP contribution >= 0.6 is 12.6 Å². The van der Waals surface area contributed by atoms with Crippen molar-refractivity contribution in [2.75, 3.05) is 19.8 Å². The number of hydrogen-bond acceptors (Lipinski definition) is 4. The molecule has 1 aliphatic heterocycles. The van der Waals surface area contributed by atoms with Crippen LogP contribution in [0.25, 0.3) is 0 Å². The number of rotatable bonds is 3. The highest BCUT2D eigenvalue weighted by atomic mass is 32.1. The van der Waals surface area contributed by atoms with E-state index in [2.05, 4.69) is 12.6 Å². The van der Waals surface area contributed by atoms with E-state index in [1.165, 1.54) is 18.2 Å². The third-order valence-corrected chi connectivity index (χ3v) is 3.00. The summed E-state index contributed by atoms with van der Waals surface area (Å²) in [4.78, 5) is 11.8. The molecule has 0 aliphatic carbocycles. The molecule has 1 fully saturated rings. The quantitative estimate of drug-likeness (QED) is 0.666. The van der Waals surface area contributed by atoms with Crippen molar-refractivity contribution in [2.45, 2.75) is 11.3 Å². The first-order valence-electron chi connectivity index (χ1n) is 5.40. The van der Waals surface area contributed by atoms with Crippen LogP contribution in [0.3, 0.4) is 0 Å². The molecule has 0 radical (unpaired) electrons. The molecule has 0 saturated carbocycles. The fraction of sp³-hybridized carbons (Fsp3) is 0.417. The van der Waals surface area contributed by atoms with Crippen LogP contribution in [-0.4, -0.2) is 25.8 Å². The average molecular weight is 256 g/mol. The number of benzene rings is 1. The summed E-state index contributed by atoms with van der Waals surface area (Å²) in [6.07, 6.45) is 0.911. The van der Waals surface area contributed by atoms with Crippen LogP contribution in [0.5, 0.6) is 0 Å². The number of halogens is 1. The van der Waals surface area contributed by atoms with Gasteiger partial charge < -0.3 is 9.47 Å². The topological polar surface area (TPSA) is 35.5 Å². The van der Waals surface area contributed by atoms with E-state index in [4.69, 9.17) is 9.47 Å². The third-order valence-electron chi connectivity index (χ3n) is 2.66. The van der Waals surface area contributed by atoms with Crippen molar-refractivity contribution in [1.29, 1.82) is 0 Å². The van der Waals surface area contributed by atoms with Gasteiger partial charge in [0.05, 0.1) is 18.8 Å². The molecule has 0 amide bonds. The lowest BCUT2D eigenvalue weighted by Crippen LogP contribution is -2.14. The van der Waals surface area contributed by atoms with Gasteiger partial charge in [-0.15, -0.1) is 12.6 Å². The molecule has 0 N–H and O–H groups in total. The number of esters is 1. The number of hydrogen-bond donors (Lipinski definition) is 1. The van der Waals surface area contributed by atoms with E-state index in [1.807, 2.05) is 0 Å². The third kappa shape index (κ3) is 3.20. The van der Waals surface area contributed by atoms with Gasteiger partial charge in [0.2, 0.25) is 0 Å². The standard InChI is InChI=1S/C12H13FO3S/c13-10-2-1-9(5-11(10)17)12(14)16-7-8-3-4-15-6-8/h1-2,5,8,17H,3-4,6-7H2. The first-order valence-corrected chi connectivity index (χ1v) is 5.85. The predicted octanol–water partition coefficient (Wildman–Crippen LogP) is 2.31. The molecular weight excluding hydrogens is 243 g/mol. The summed E-state index contributed by atoms with van der Waals surface area (Å²) in [7, 11) is 0. The molecule has 0 bridgehead atoms. The Labute approximate surface area is 104 Å². The number of ether oxygens (including phenoxy) is 2. The van der Waals surface area contributed by atoms with Gasteiger partial charge in [-0.05, 0) is 24.6 Å². The second kappa shape index (κ2) is 5.51. The van der Waals surface area contributed by atoms with Gasteiger partial charge in [-0.3, -0.25) is 0 Å². The molecule has 0 spiro atoms. The van der Waals surface area contributed by atoms with Crippen LogP contribution in [0, 0.1) is 11.7 Å².